The van der Waals surface area contributed by atoms with Crippen LogP contribution in [0.4, 0.5) is 0 Å². The Kier molecular flexibility index (Phi) is 12.1. The predicted octanol–water partition coefficient (Wildman–Crippen LogP) is 3.61. The predicted molar refractivity (Wildman–Crippen MR) is 91.2 cm³/mol. The average molecular weight is 378 g/mol. The van der Waals surface area contributed by atoms with Gasteiger partial charge in [0.05, 0.1) is 0 Å². The van der Waals surface area contributed by atoms with Crippen LogP contribution in [-0.2, 0) is 32.7 Å². The Bertz CT molecular complexity index is 451. The number of carbonyl (C=O) groups excluding carboxylic acids is 2. The summed E-state index contributed by atoms with van der Waals surface area (Å²) in [7, 11) is -4.64. The lowest BCUT2D eigenvalue weighted by Gasteiger charge is -2.23. The van der Waals surface area contributed by atoms with Crippen LogP contribution in [0.5, 0.6) is 0 Å². The number of hydrogen-bond acceptors (Lipinski definition) is 7. The summed E-state index contributed by atoms with van der Waals surface area (Å²) in [5.74, 6) is -1.58. The molecule has 0 amide bonds. The normalized spacial score (nSPS) is 15.5. The summed E-state index contributed by atoms with van der Waals surface area (Å²) < 4.78 is 31.8. The highest BCUT2D eigenvalue weighted by molar-refractivity contribution is 7.47. The van der Waals surface area contributed by atoms with Gasteiger partial charge in [-0.25, -0.2) is 23.2 Å². The Morgan fingerprint density at radius 3 is 1.60 bits per heavy atom. The first-order chi connectivity index (χ1) is 11.8. The van der Waals surface area contributed by atoms with Gasteiger partial charge in [0, 0.05) is 25.0 Å². The third-order valence-electron chi connectivity index (χ3n) is 2.92. The number of hydrogen-bond donors (Lipinski definition) is 1. The van der Waals surface area contributed by atoms with Crippen molar-refractivity contribution in [1.82, 2.24) is 0 Å². The van der Waals surface area contributed by atoms with E-state index >= 15 is 0 Å². The summed E-state index contributed by atoms with van der Waals surface area (Å²) in [6, 6.07) is 0. The second-order valence-electron chi connectivity index (χ2n) is 5.10. The van der Waals surface area contributed by atoms with Crippen LogP contribution in [0.3, 0.4) is 0 Å². The smallest absolute Gasteiger partial charge is 0.432 e. The zero-order valence-electron chi connectivity index (χ0n) is 14.7. The number of esters is 2. The first-order valence-electron chi connectivity index (χ1n) is 8.13. The van der Waals surface area contributed by atoms with E-state index < -0.39 is 32.3 Å². The van der Waals surface area contributed by atoms with E-state index in [-0.39, 0.29) is 12.8 Å². The quantitative estimate of drug-likeness (QED) is 0.211. The van der Waals surface area contributed by atoms with E-state index in [0.29, 0.717) is 12.8 Å². The summed E-state index contributed by atoms with van der Waals surface area (Å²) in [6.07, 6.45) is 2.41. The van der Waals surface area contributed by atoms with Crippen molar-refractivity contribution in [3.8, 4) is 0 Å². The molecule has 9 heteroatoms. The first-order valence-corrected chi connectivity index (χ1v) is 9.63. The zero-order valence-corrected chi connectivity index (χ0v) is 15.6. The summed E-state index contributed by atoms with van der Waals surface area (Å²) in [5, 5.41) is 0. The van der Waals surface area contributed by atoms with Crippen molar-refractivity contribution >= 4 is 19.8 Å². The maximum Gasteiger partial charge on any atom is 0.478 e. The van der Waals surface area contributed by atoms with Gasteiger partial charge in [-0.2, -0.15) is 0 Å². The summed E-state index contributed by atoms with van der Waals surface area (Å²) in [4.78, 5) is 32.5. The molecule has 0 rings (SSSR count). The van der Waals surface area contributed by atoms with Crippen LogP contribution in [-0.4, -0.2) is 29.4 Å². The fourth-order valence-electron chi connectivity index (χ4n) is 1.69. The molecule has 0 fully saturated rings. The highest BCUT2D eigenvalue weighted by Crippen LogP contribution is 2.47. The minimum absolute atomic E-state index is 0.204. The van der Waals surface area contributed by atoms with Crippen molar-refractivity contribution in [2.24, 2.45) is 0 Å². The standard InChI is InChI=1S/C16H27O8P/c1-5-9-11-15(21-13(17)7-3)23-25(19,20)24-16(12-10-6-2)22-14(18)8-4/h7-8,15-16H,3-6,9-12H2,1-2H3,(H,19,20). The number of ether oxygens (including phenoxy) is 2. The lowest BCUT2D eigenvalue weighted by atomic mass is 10.2. The van der Waals surface area contributed by atoms with E-state index in [1.807, 2.05) is 13.8 Å². The minimum Gasteiger partial charge on any atom is -0.432 e. The number of phosphoric ester groups is 1. The molecule has 0 aliphatic carbocycles. The molecule has 2 atom stereocenters. The fourth-order valence-corrected chi connectivity index (χ4v) is 2.63. The van der Waals surface area contributed by atoms with Crippen LogP contribution in [0.1, 0.15) is 52.4 Å². The van der Waals surface area contributed by atoms with Crippen LogP contribution in [0, 0.1) is 0 Å². The van der Waals surface area contributed by atoms with Crippen molar-refractivity contribution in [3.63, 3.8) is 0 Å². The summed E-state index contributed by atoms with van der Waals surface area (Å²) in [5.41, 5.74) is 0. The van der Waals surface area contributed by atoms with Crippen molar-refractivity contribution in [2.45, 2.75) is 65.0 Å². The van der Waals surface area contributed by atoms with Gasteiger partial charge in [0.25, 0.3) is 0 Å². The Balaban J connectivity index is 4.94. The summed E-state index contributed by atoms with van der Waals surface area (Å²) >= 11 is 0. The molecule has 8 nitrogen and oxygen atoms in total. The monoisotopic (exact) mass is 378 g/mol. The molecular weight excluding hydrogens is 351 g/mol. The van der Waals surface area contributed by atoms with E-state index in [9.17, 15) is 19.0 Å². The lowest BCUT2D eigenvalue weighted by Crippen LogP contribution is -2.23. The Morgan fingerprint density at radius 2 is 1.32 bits per heavy atom. The Labute approximate surface area is 148 Å². The SMILES string of the molecule is C=CC(=O)OC(CCCC)OP(=O)(O)OC(CCCC)OC(=O)C=C. The van der Waals surface area contributed by atoms with Crippen molar-refractivity contribution in [2.75, 3.05) is 0 Å². The molecule has 0 bridgehead atoms. The third kappa shape index (κ3) is 11.7. The average Bonchev–Trinajstić information content (AvgIpc) is 2.56. The molecule has 0 heterocycles. The molecular formula is C16H27O8P. The molecule has 0 aromatic heterocycles. The van der Waals surface area contributed by atoms with Crippen molar-refractivity contribution in [1.29, 1.82) is 0 Å². The first kappa shape index (κ1) is 23.5. The van der Waals surface area contributed by atoms with Crippen LogP contribution >= 0.6 is 7.82 Å². The van der Waals surface area contributed by atoms with Gasteiger partial charge < -0.3 is 14.4 Å². The second kappa shape index (κ2) is 12.8. The van der Waals surface area contributed by atoms with Gasteiger partial charge in [-0.05, 0) is 12.8 Å². The van der Waals surface area contributed by atoms with E-state index in [0.717, 1.165) is 25.0 Å². The Hall–Kier alpha value is -1.47. The molecule has 1 N–H and O–H groups in total. The van der Waals surface area contributed by atoms with Gasteiger partial charge >= 0.3 is 19.8 Å². The zero-order chi connectivity index (χ0) is 19.3. The van der Waals surface area contributed by atoms with Gasteiger partial charge in [-0.15, -0.1) is 0 Å². The molecule has 25 heavy (non-hydrogen) atoms. The fraction of sp³-hybridized carbons (Fsp3) is 0.625. The highest BCUT2D eigenvalue weighted by atomic mass is 31.2. The molecule has 0 radical (unpaired) electrons. The van der Waals surface area contributed by atoms with Gasteiger partial charge in [0.2, 0.25) is 12.6 Å². The number of unbranched alkanes of at least 4 members (excludes halogenated alkanes) is 2. The number of carbonyl (C=O) groups is 2. The largest absolute Gasteiger partial charge is 0.478 e. The molecule has 0 aromatic rings. The van der Waals surface area contributed by atoms with Gasteiger partial charge in [-0.1, -0.05) is 39.8 Å². The number of phosphoric acid groups is 1. The molecule has 0 spiro atoms. The van der Waals surface area contributed by atoms with Crippen molar-refractivity contribution < 1.29 is 37.6 Å². The summed E-state index contributed by atoms with van der Waals surface area (Å²) in [6.45, 7) is 10.3. The number of rotatable bonds is 14. The molecule has 0 aliphatic heterocycles. The molecule has 0 aromatic carbocycles. The molecule has 144 valence electrons. The van der Waals surface area contributed by atoms with Crippen LogP contribution < -0.4 is 0 Å². The minimum atomic E-state index is -4.64. The van der Waals surface area contributed by atoms with Crippen LogP contribution in [0.2, 0.25) is 0 Å². The Morgan fingerprint density at radius 1 is 0.960 bits per heavy atom. The van der Waals surface area contributed by atoms with Crippen LogP contribution in [0.15, 0.2) is 25.3 Å². The second-order valence-corrected chi connectivity index (χ2v) is 6.46. The maximum atomic E-state index is 12.2. The topological polar surface area (TPSA) is 108 Å². The molecule has 0 aliphatic rings. The van der Waals surface area contributed by atoms with Gasteiger partial charge in [-0.3, -0.25) is 0 Å². The lowest BCUT2D eigenvalue weighted by molar-refractivity contribution is -0.168. The third-order valence-corrected chi connectivity index (χ3v) is 3.92. The van der Waals surface area contributed by atoms with E-state index in [1.54, 1.807) is 0 Å². The van der Waals surface area contributed by atoms with Gasteiger partial charge in [0.1, 0.15) is 0 Å². The van der Waals surface area contributed by atoms with E-state index in [1.165, 1.54) is 0 Å². The van der Waals surface area contributed by atoms with E-state index in [2.05, 4.69) is 13.2 Å². The van der Waals surface area contributed by atoms with Crippen molar-refractivity contribution in [3.05, 3.63) is 25.3 Å². The molecule has 2 unspecified atom stereocenters. The van der Waals surface area contributed by atoms with E-state index in [4.69, 9.17) is 18.5 Å². The molecule has 0 saturated heterocycles. The molecule has 0 saturated carbocycles. The van der Waals surface area contributed by atoms with Gasteiger partial charge in [0.15, 0.2) is 0 Å². The highest BCUT2D eigenvalue weighted by Gasteiger charge is 2.33. The van der Waals surface area contributed by atoms with Crippen LogP contribution in [0.25, 0.3) is 0 Å². The maximum absolute atomic E-state index is 12.2.